The minimum Gasteiger partial charge on any atom is -0.466 e. The van der Waals surface area contributed by atoms with E-state index in [0.717, 1.165) is 49.2 Å². The van der Waals surface area contributed by atoms with Crippen molar-refractivity contribution < 1.29 is 14.3 Å². The molecule has 1 unspecified atom stereocenters. The zero-order valence-electron chi connectivity index (χ0n) is 12.0. The Morgan fingerprint density at radius 1 is 1.37 bits per heavy atom. The van der Waals surface area contributed by atoms with Gasteiger partial charge in [-0.05, 0) is 46.0 Å². The second-order valence-electron chi connectivity index (χ2n) is 5.49. The van der Waals surface area contributed by atoms with Gasteiger partial charge in [0.1, 0.15) is 11.5 Å². The second-order valence-corrected chi connectivity index (χ2v) is 5.49. The molecule has 1 aromatic heterocycles. The molecule has 0 bridgehead atoms. The lowest BCUT2D eigenvalue weighted by molar-refractivity contribution is 0.0651. The van der Waals surface area contributed by atoms with Gasteiger partial charge in [0, 0.05) is 25.3 Å². The molecular formula is C15H23NO3. The first-order chi connectivity index (χ1) is 9.04. The van der Waals surface area contributed by atoms with E-state index < -0.39 is 0 Å². The monoisotopic (exact) mass is 265 g/mol. The lowest BCUT2D eigenvalue weighted by Gasteiger charge is -2.32. The van der Waals surface area contributed by atoms with Crippen molar-refractivity contribution in [1.82, 2.24) is 4.90 Å². The number of amides is 1. The van der Waals surface area contributed by atoms with E-state index in [9.17, 15) is 4.79 Å². The Balaban J connectivity index is 2.15. The summed E-state index contributed by atoms with van der Waals surface area (Å²) in [4.78, 5) is 14.5. The van der Waals surface area contributed by atoms with E-state index in [0.29, 0.717) is 11.7 Å². The molecule has 1 atom stereocenters. The summed E-state index contributed by atoms with van der Waals surface area (Å²) in [5.41, 5.74) is 1.67. The first-order valence-corrected chi connectivity index (χ1v) is 7.01. The number of rotatable bonds is 3. The predicted molar refractivity (Wildman–Crippen MR) is 73.2 cm³/mol. The standard InChI is InChI=1S/C15H23NO3/c1-10-11(2)19-12(3)14(10)15(18)16-7-4-5-13(9-16)6-8-17/h13,17H,4-9H2,1-3H3. The number of aliphatic hydroxyl groups is 1. The van der Waals surface area contributed by atoms with Crippen molar-refractivity contribution in [3.63, 3.8) is 0 Å². The lowest BCUT2D eigenvalue weighted by atomic mass is 9.94. The Labute approximate surface area is 114 Å². The van der Waals surface area contributed by atoms with Gasteiger partial charge in [-0.3, -0.25) is 4.79 Å². The van der Waals surface area contributed by atoms with Crippen LogP contribution in [0.4, 0.5) is 0 Å². The van der Waals surface area contributed by atoms with Gasteiger partial charge in [0.2, 0.25) is 0 Å². The number of hydrogen-bond donors (Lipinski definition) is 1. The minimum atomic E-state index is 0.0782. The molecule has 1 N–H and O–H groups in total. The highest BCUT2D eigenvalue weighted by Crippen LogP contribution is 2.26. The van der Waals surface area contributed by atoms with E-state index >= 15 is 0 Å². The Bertz CT molecular complexity index is 462. The third-order valence-corrected chi connectivity index (χ3v) is 4.12. The Morgan fingerprint density at radius 3 is 2.68 bits per heavy atom. The molecule has 2 heterocycles. The van der Waals surface area contributed by atoms with Crippen molar-refractivity contribution in [2.24, 2.45) is 5.92 Å². The number of carbonyl (C=O) groups excluding carboxylic acids is 1. The smallest absolute Gasteiger partial charge is 0.257 e. The van der Waals surface area contributed by atoms with E-state index in [1.54, 1.807) is 0 Å². The summed E-state index contributed by atoms with van der Waals surface area (Å²) in [6, 6.07) is 0. The Hall–Kier alpha value is -1.29. The first kappa shape index (κ1) is 14.1. The third kappa shape index (κ3) is 2.84. The minimum absolute atomic E-state index is 0.0782. The van der Waals surface area contributed by atoms with Gasteiger partial charge >= 0.3 is 0 Å². The maximum absolute atomic E-state index is 12.6. The maximum atomic E-state index is 12.6. The molecule has 2 rings (SSSR count). The molecule has 19 heavy (non-hydrogen) atoms. The van der Waals surface area contributed by atoms with Crippen LogP contribution in [0.1, 0.15) is 46.7 Å². The SMILES string of the molecule is Cc1oc(C)c(C(=O)N2CCCC(CCO)C2)c1C. The summed E-state index contributed by atoms with van der Waals surface area (Å²) in [5, 5.41) is 9.03. The quantitative estimate of drug-likeness (QED) is 0.913. The summed E-state index contributed by atoms with van der Waals surface area (Å²) in [5.74, 6) is 2.04. The van der Waals surface area contributed by atoms with Gasteiger partial charge in [-0.15, -0.1) is 0 Å². The average molecular weight is 265 g/mol. The maximum Gasteiger partial charge on any atom is 0.257 e. The number of aryl methyl sites for hydroxylation is 2. The summed E-state index contributed by atoms with van der Waals surface area (Å²) in [6.07, 6.45) is 2.91. The predicted octanol–water partition coefficient (Wildman–Crippen LogP) is 2.44. The second kappa shape index (κ2) is 5.78. The van der Waals surface area contributed by atoms with E-state index in [-0.39, 0.29) is 12.5 Å². The van der Waals surface area contributed by atoms with Crippen LogP contribution in [-0.2, 0) is 0 Å². The first-order valence-electron chi connectivity index (χ1n) is 7.01. The molecule has 1 aromatic rings. The van der Waals surface area contributed by atoms with E-state index in [4.69, 9.17) is 9.52 Å². The molecule has 1 fully saturated rings. The molecule has 0 radical (unpaired) electrons. The van der Waals surface area contributed by atoms with Crippen LogP contribution in [0.2, 0.25) is 0 Å². The van der Waals surface area contributed by atoms with Gasteiger partial charge in [-0.2, -0.15) is 0 Å². The Morgan fingerprint density at radius 2 is 2.11 bits per heavy atom. The highest BCUT2D eigenvalue weighted by molar-refractivity contribution is 5.96. The van der Waals surface area contributed by atoms with Gasteiger partial charge < -0.3 is 14.4 Å². The number of aliphatic hydroxyl groups excluding tert-OH is 1. The summed E-state index contributed by atoms with van der Waals surface area (Å²) in [7, 11) is 0. The van der Waals surface area contributed by atoms with Gasteiger partial charge in [-0.1, -0.05) is 0 Å². The number of likely N-dealkylation sites (tertiary alicyclic amines) is 1. The van der Waals surface area contributed by atoms with Crippen LogP contribution in [-0.4, -0.2) is 35.6 Å². The largest absolute Gasteiger partial charge is 0.466 e. The van der Waals surface area contributed by atoms with Crippen LogP contribution in [0.25, 0.3) is 0 Å². The molecule has 1 saturated heterocycles. The topological polar surface area (TPSA) is 53.7 Å². The van der Waals surface area contributed by atoms with Gasteiger partial charge in [0.15, 0.2) is 0 Å². The van der Waals surface area contributed by atoms with Crippen LogP contribution in [0.3, 0.4) is 0 Å². The van der Waals surface area contributed by atoms with Crippen molar-refractivity contribution in [1.29, 1.82) is 0 Å². The zero-order valence-corrected chi connectivity index (χ0v) is 12.0. The molecule has 106 valence electrons. The van der Waals surface area contributed by atoms with Crippen molar-refractivity contribution in [2.75, 3.05) is 19.7 Å². The zero-order chi connectivity index (χ0) is 14.0. The summed E-state index contributed by atoms with van der Waals surface area (Å²) >= 11 is 0. The van der Waals surface area contributed by atoms with Crippen molar-refractivity contribution in [3.05, 3.63) is 22.6 Å². The summed E-state index contributed by atoms with van der Waals surface area (Å²) in [6.45, 7) is 7.45. The molecule has 0 aliphatic carbocycles. The van der Waals surface area contributed by atoms with Crippen LogP contribution >= 0.6 is 0 Å². The number of piperidine rings is 1. The fourth-order valence-electron chi connectivity index (χ4n) is 2.93. The van der Waals surface area contributed by atoms with E-state index in [1.807, 2.05) is 25.7 Å². The molecular weight excluding hydrogens is 242 g/mol. The van der Waals surface area contributed by atoms with Crippen LogP contribution in [0.5, 0.6) is 0 Å². The van der Waals surface area contributed by atoms with Crippen molar-refractivity contribution in [3.8, 4) is 0 Å². The molecule has 4 heteroatoms. The van der Waals surface area contributed by atoms with Crippen LogP contribution in [0.15, 0.2) is 4.42 Å². The number of hydrogen-bond acceptors (Lipinski definition) is 3. The highest BCUT2D eigenvalue weighted by Gasteiger charge is 2.28. The molecule has 0 spiro atoms. The normalized spacial score (nSPS) is 19.8. The summed E-state index contributed by atoms with van der Waals surface area (Å²) < 4.78 is 5.54. The van der Waals surface area contributed by atoms with Gasteiger partial charge in [-0.25, -0.2) is 0 Å². The average Bonchev–Trinajstić information content (AvgIpc) is 2.63. The number of carbonyl (C=O) groups is 1. The van der Waals surface area contributed by atoms with Crippen molar-refractivity contribution in [2.45, 2.75) is 40.0 Å². The highest BCUT2D eigenvalue weighted by atomic mass is 16.3. The van der Waals surface area contributed by atoms with Gasteiger partial charge in [0.25, 0.3) is 5.91 Å². The van der Waals surface area contributed by atoms with E-state index in [1.165, 1.54) is 0 Å². The molecule has 0 aromatic carbocycles. The molecule has 1 amide bonds. The van der Waals surface area contributed by atoms with Crippen molar-refractivity contribution >= 4 is 5.91 Å². The number of furan rings is 1. The van der Waals surface area contributed by atoms with E-state index in [2.05, 4.69) is 0 Å². The molecule has 1 aliphatic heterocycles. The van der Waals surface area contributed by atoms with Gasteiger partial charge in [0.05, 0.1) is 5.56 Å². The third-order valence-electron chi connectivity index (χ3n) is 4.12. The van der Waals surface area contributed by atoms with Crippen LogP contribution in [0, 0.1) is 26.7 Å². The molecule has 0 saturated carbocycles. The number of nitrogens with zero attached hydrogens (tertiary/aromatic N) is 1. The molecule has 1 aliphatic rings. The van der Waals surface area contributed by atoms with Crippen LogP contribution < -0.4 is 0 Å². The fourth-order valence-corrected chi connectivity index (χ4v) is 2.93. The Kier molecular flexibility index (Phi) is 4.30. The lowest BCUT2D eigenvalue weighted by Crippen LogP contribution is -2.40. The fraction of sp³-hybridized carbons (Fsp3) is 0.667. The molecule has 4 nitrogen and oxygen atoms in total.